The third-order valence-electron chi connectivity index (χ3n) is 3.53. The zero-order chi connectivity index (χ0) is 23.8. The molecule has 11 N–H and O–H groups in total. The SMILES string of the molecule is Cl.NC(N)=NC(=O)c1nc(Cl)c(N)nc1N.Nc1ccc(C(=O)Oc2ccccc2)c(O)c1. The predicted molar refractivity (Wildman–Crippen MR) is 127 cm³/mol. The standard InChI is InChI=1S/C13H11NO3.C6H8ClN7O.ClH/c14-9-6-7-11(12(15)8-9)13(16)17-10-4-2-1-3-5-10;7-2-4(9)13-3(8)1(12-2)5(15)14-6(10)11;/h1-8,15H,14H2;(H4,8,9,13)(H4,10,11,14,15);1H. The van der Waals surface area contributed by atoms with Crippen LogP contribution in [0.15, 0.2) is 53.5 Å². The summed E-state index contributed by atoms with van der Waals surface area (Å²) in [6.45, 7) is 0. The molecular formula is C19H20Cl2N8O4. The summed E-state index contributed by atoms with van der Waals surface area (Å²) in [7, 11) is 0. The molecule has 0 unspecified atom stereocenters. The second kappa shape index (κ2) is 11.9. The van der Waals surface area contributed by atoms with E-state index in [4.69, 9.17) is 45.0 Å². The van der Waals surface area contributed by atoms with E-state index < -0.39 is 17.8 Å². The minimum Gasteiger partial charge on any atom is -0.507 e. The molecule has 2 aromatic carbocycles. The number of nitrogen functional groups attached to an aromatic ring is 3. The summed E-state index contributed by atoms with van der Waals surface area (Å²) >= 11 is 5.55. The summed E-state index contributed by atoms with van der Waals surface area (Å²) in [4.78, 5) is 33.5. The fraction of sp³-hybridized carbons (Fsp3) is 0. The lowest BCUT2D eigenvalue weighted by atomic mass is 10.2. The number of amides is 1. The number of para-hydroxylation sites is 1. The molecule has 0 aliphatic rings. The van der Waals surface area contributed by atoms with Crippen LogP contribution in [0, 0.1) is 0 Å². The second-order valence-corrected chi connectivity index (χ2v) is 6.31. The highest BCUT2D eigenvalue weighted by atomic mass is 35.5. The summed E-state index contributed by atoms with van der Waals surface area (Å²) in [5.74, 6) is -1.88. The van der Waals surface area contributed by atoms with Gasteiger partial charge in [0.25, 0.3) is 0 Å². The number of nitrogens with zero attached hydrogens (tertiary/aromatic N) is 3. The van der Waals surface area contributed by atoms with Crippen LogP contribution in [0.4, 0.5) is 17.3 Å². The van der Waals surface area contributed by atoms with Crippen molar-refractivity contribution in [2.24, 2.45) is 16.5 Å². The summed E-state index contributed by atoms with van der Waals surface area (Å²) in [6.07, 6.45) is 0. The third kappa shape index (κ3) is 7.72. The van der Waals surface area contributed by atoms with Crippen molar-refractivity contribution in [3.63, 3.8) is 0 Å². The molecule has 0 saturated carbocycles. The zero-order valence-electron chi connectivity index (χ0n) is 16.8. The van der Waals surface area contributed by atoms with E-state index in [2.05, 4.69) is 15.0 Å². The monoisotopic (exact) mass is 494 g/mol. The van der Waals surface area contributed by atoms with Crippen molar-refractivity contribution >= 4 is 59.2 Å². The quantitative estimate of drug-likeness (QED) is 0.0997. The van der Waals surface area contributed by atoms with Gasteiger partial charge in [-0.15, -0.1) is 12.4 Å². The van der Waals surface area contributed by atoms with Gasteiger partial charge in [-0.05, 0) is 24.3 Å². The Morgan fingerprint density at radius 1 is 0.970 bits per heavy atom. The number of halogens is 2. The van der Waals surface area contributed by atoms with Gasteiger partial charge >= 0.3 is 11.9 Å². The van der Waals surface area contributed by atoms with Crippen molar-refractivity contribution in [1.29, 1.82) is 0 Å². The molecule has 1 amide bonds. The highest BCUT2D eigenvalue weighted by Gasteiger charge is 2.15. The number of hydrogen-bond donors (Lipinski definition) is 6. The fourth-order valence-corrected chi connectivity index (χ4v) is 2.27. The first-order chi connectivity index (χ1) is 15.1. The van der Waals surface area contributed by atoms with E-state index in [1.165, 1.54) is 18.2 Å². The number of anilines is 3. The number of aliphatic imine (C=N–C) groups is 1. The number of aromatic nitrogens is 2. The minimum atomic E-state index is -0.832. The molecule has 3 rings (SSSR count). The van der Waals surface area contributed by atoms with Crippen LogP contribution in [0.25, 0.3) is 0 Å². The van der Waals surface area contributed by atoms with E-state index in [9.17, 15) is 14.7 Å². The van der Waals surface area contributed by atoms with Gasteiger partial charge in [-0.25, -0.2) is 14.8 Å². The summed E-state index contributed by atoms with van der Waals surface area (Å²) < 4.78 is 5.08. The first-order valence-corrected chi connectivity index (χ1v) is 9.04. The number of aromatic hydroxyl groups is 1. The number of esters is 1. The Labute approximate surface area is 198 Å². The number of ether oxygens (including phenoxy) is 1. The molecule has 3 aromatic rings. The Morgan fingerprint density at radius 3 is 2.18 bits per heavy atom. The van der Waals surface area contributed by atoms with Crippen molar-refractivity contribution in [3.05, 3.63) is 64.9 Å². The maximum Gasteiger partial charge on any atom is 0.347 e. The number of benzene rings is 2. The molecule has 0 aliphatic carbocycles. The Balaban J connectivity index is 0.000000323. The summed E-state index contributed by atoms with van der Waals surface area (Å²) in [6, 6.07) is 12.9. The molecular weight excluding hydrogens is 475 g/mol. The maximum atomic E-state index is 11.7. The Hall–Kier alpha value is -4.29. The van der Waals surface area contributed by atoms with Crippen molar-refractivity contribution in [1.82, 2.24) is 9.97 Å². The van der Waals surface area contributed by atoms with E-state index in [0.29, 0.717) is 11.4 Å². The smallest absolute Gasteiger partial charge is 0.347 e. The van der Waals surface area contributed by atoms with Gasteiger partial charge in [0, 0.05) is 11.8 Å². The summed E-state index contributed by atoms with van der Waals surface area (Å²) in [5.41, 5.74) is 26.4. The van der Waals surface area contributed by atoms with Crippen molar-refractivity contribution in [2.75, 3.05) is 17.2 Å². The van der Waals surface area contributed by atoms with E-state index in [0.717, 1.165) is 0 Å². The number of guanidine groups is 1. The molecule has 174 valence electrons. The van der Waals surface area contributed by atoms with Gasteiger partial charge in [0.2, 0.25) is 0 Å². The first-order valence-electron chi connectivity index (χ1n) is 8.66. The third-order valence-corrected chi connectivity index (χ3v) is 3.81. The molecule has 0 spiro atoms. The number of nitrogens with two attached hydrogens (primary N) is 5. The number of hydrogen-bond acceptors (Lipinski definition) is 9. The normalized spacial score (nSPS) is 9.48. The lowest BCUT2D eigenvalue weighted by molar-refractivity contribution is 0.0731. The van der Waals surface area contributed by atoms with Crippen LogP contribution in [0.1, 0.15) is 20.8 Å². The van der Waals surface area contributed by atoms with Crippen LogP contribution in [-0.4, -0.2) is 32.9 Å². The Kier molecular flexibility index (Phi) is 9.67. The minimum absolute atomic E-state index is 0. The van der Waals surface area contributed by atoms with E-state index in [1.807, 2.05) is 6.07 Å². The average molecular weight is 495 g/mol. The second-order valence-electron chi connectivity index (χ2n) is 5.95. The largest absolute Gasteiger partial charge is 0.507 e. The highest BCUT2D eigenvalue weighted by molar-refractivity contribution is 6.31. The van der Waals surface area contributed by atoms with Crippen molar-refractivity contribution in [3.8, 4) is 11.5 Å². The first kappa shape index (κ1) is 26.7. The lowest BCUT2D eigenvalue weighted by Crippen LogP contribution is -2.24. The molecule has 14 heteroatoms. The molecule has 33 heavy (non-hydrogen) atoms. The number of carbonyl (C=O) groups is 2. The Bertz CT molecular complexity index is 1170. The molecule has 0 radical (unpaired) electrons. The van der Waals surface area contributed by atoms with Gasteiger partial charge in [0.05, 0.1) is 0 Å². The lowest BCUT2D eigenvalue weighted by Gasteiger charge is -2.06. The van der Waals surface area contributed by atoms with E-state index >= 15 is 0 Å². The average Bonchev–Trinajstić information content (AvgIpc) is 2.71. The van der Waals surface area contributed by atoms with Crippen LogP contribution in [0.2, 0.25) is 5.15 Å². The van der Waals surface area contributed by atoms with Gasteiger partial charge in [-0.3, -0.25) is 4.79 Å². The number of carbonyl (C=O) groups excluding carboxylic acids is 2. The van der Waals surface area contributed by atoms with Gasteiger partial charge in [0.1, 0.15) is 17.1 Å². The molecule has 0 bridgehead atoms. The van der Waals surface area contributed by atoms with Crippen LogP contribution >= 0.6 is 24.0 Å². The van der Waals surface area contributed by atoms with Gasteiger partial charge in [0.15, 0.2) is 28.4 Å². The van der Waals surface area contributed by atoms with Gasteiger partial charge in [-0.1, -0.05) is 29.8 Å². The molecule has 0 atom stereocenters. The molecule has 1 heterocycles. The van der Waals surface area contributed by atoms with Gasteiger partial charge in [-0.2, -0.15) is 4.99 Å². The zero-order valence-corrected chi connectivity index (χ0v) is 18.4. The highest BCUT2D eigenvalue weighted by Crippen LogP contribution is 2.22. The fourth-order valence-electron chi connectivity index (χ4n) is 2.14. The Morgan fingerprint density at radius 2 is 1.61 bits per heavy atom. The number of rotatable bonds is 3. The summed E-state index contributed by atoms with van der Waals surface area (Å²) in [5, 5.41) is 9.42. The molecule has 1 aromatic heterocycles. The van der Waals surface area contributed by atoms with E-state index in [-0.39, 0.29) is 46.2 Å². The van der Waals surface area contributed by atoms with Gasteiger partial charge < -0.3 is 38.5 Å². The van der Waals surface area contributed by atoms with Crippen LogP contribution in [-0.2, 0) is 0 Å². The molecule has 0 aliphatic heterocycles. The van der Waals surface area contributed by atoms with Crippen molar-refractivity contribution < 1.29 is 19.4 Å². The van der Waals surface area contributed by atoms with Crippen LogP contribution in [0.3, 0.4) is 0 Å². The van der Waals surface area contributed by atoms with E-state index in [1.54, 1.807) is 24.3 Å². The predicted octanol–water partition coefficient (Wildman–Crippen LogP) is 1.32. The van der Waals surface area contributed by atoms with Crippen LogP contribution < -0.4 is 33.4 Å². The molecule has 0 saturated heterocycles. The van der Waals surface area contributed by atoms with Crippen molar-refractivity contribution in [2.45, 2.75) is 0 Å². The maximum absolute atomic E-state index is 11.7. The molecule has 12 nitrogen and oxygen atoms in total. The topological polar surface area (TPSA) is 232 Å². The van der Waals surface area contributed by atoms with Crippen LogP contribution in [0.5, 0.6) is 11.5 Å². The number of phenols is 1. The number of phenolic OH excluding ortho intramolecular Hbond substituents is 1. The molecule has 0 fully saturated rings.